The lowest BCUT2D eigenvalue weighted by molar-refractivity contribution is -0.302. The number of carbonyl (C=O) groups excluding carboxylic acids is 1. The van der Waals surface area contributed by atoms with Gasteiger partial charge in [0.25, 0.3) is 0 Å². The summed E-state index contributed by atoms with van der Waals surface area (Å²) in [5.41, 5.74) is 0. The van der Waals surface area contributed by atoms with Crippen LogP contribution in [0.3, 0.4) is 0 Å². The standard InChI is InChI=1S/C36H67NO8/c1-3-5-7-9-11-13-15-17-19-21-23-25-30(39)29(28-44-36-35(43)34(42)33(41)31(27-38)45-36)37-32(40)26-24-22-20-18-16-14-12-10-8-6-4-2/h15,17,23,25,29-31,33-36,38-39,41-43H,3-14,16,18-22,24,26-28H2,1-2H3,(H,37,40)/b17-15+,25-23+. The molecule has 0 aliphatic carbocycles. The van der Waals surface area contributed by atoms with E-state index in [0.29, 0.717) is 6.42 Å². The number of amides is 1. The van der Waals surface area contributed by atoms with Crippen molar-refractivity contribution in [3.63, 3.8) is 0 Å². The van der Waals surface area contributed by atoms with Crippen LogP contribution in [0.1, 0.15) is 142 Å². The van der Waals surface area contributed by atoms with Crippen LogP contribution in [-0.4, -0.2) is 87.5 Å². The number of nitrogens with one attached hydrogen (secondary N) is 1. The van der Waals surface area contributed by atoms with Crippen LogP contribution in [0.15, 0.2) is 24.3 Å². The molecule has 7 atom stereocenters. The normalized spacial score (nSPS) is 23.6. The molecule has 9 nitrogen and oxygen atoms in total. The van der Waals surface area contributed by atoms with Crippen LogP contribution in [0.4, 0.5) is 0 Å². The molecule has 264 valence electrons. The molecule has 1 saturated heterocycles. The van der Waals surface area contributed by atoms with E-state index in [-0.39, 0.29) is 12.5 Å². The molecule has 1 fully saturated rings. The molecule has 45 heavy (non-hydrogen) atoms. The van der Waals surface area contributed by atoms with Gasteiger partial charge in [0.05, 0.1) is 25.4 Å². The van der Waals surface area contributed by atoms with Gasteiger partial charge in [-0.3, -0.25) is 4.79 Å². The predicted molar refractivity (Wildman–Crippen MR) is 180 cm³/mol. The van der Waals surface area contributed by atoms with Gasteiger partial charge in [-0.1, -0.05) is 128 Å². The number of aliphatic hydroxyl groups excluding tert-OH is 5. The fourth-order valence-electron chi connectivity index (χ4n) is 5.52. The third-order valence-corrected chi connectivity index (χ3v) is 8.53. The van der Waals surface area contributed by atoms with E-state index < -0.39 is 49.5 Å². The second-order valence-electron chi connectivity index (χ2n) is 12.7. The number of unbranched alkanes of at least 4 members (excludes halogenated alkanes) is 16. The van der Waals surface area contributed by atoms with Crippen molar-refractivity contribution in [3.8, 4) is 0 Å². The lowest BCUT2D eigenvalue weighted by atomic mass is 9.99. The summed E-state index contributed by atoms with van der Waals surface area (Å²) in [6.45, 7) is 3.68. The maximum atomic E-state index is 12.8. The monoisotopic (exact) mass is 641 g/mol. The molecule has 1 rings (SSSR count). The molecule has 1 heterocycles. The molecule has 0 aromatic carbocycles. The molecule has 0 radical (unpaired) electrons. The molecule has 0 aromatic rings. The Bertz CT molecular complexity index is 761. The Balaban J connectivity index is 2.53. The van der Waals surface area contributed by atoms with E-state index in [1.165, 1.54) is 83.5 Å². The van der Waals surface area contributed by atoms with Crippen molar-refractivity contribution in [2.45, 2.75) is 185 Å². The average Bonchev–Trinajstić information content (AvgIpc) is 3.04. The highest BCUT2D eigenvalue weighted by molar-refractivity contribution is 5.76. The van der Waals surface area contributed by atoms with Gasteiger partial charge in [0, 0.05) is 6.42 Å². The summed E-state index contributed by atoms with van der Waals surface area (Å²) in [6, 6.07) is -0.813. The van der Waals surface area contributed by atoms with Gasteiger partial charge in [-0.15, -0.1) is 0 Å². The minimum Gasteiger partial charge on any atom is -0.394 e. The Morgan fingerprint density at radius 1 is 0.733 bits per heavy atom. The molecule has 9 heteroatoms. The summed E-state index contributed by atoms with van der Waals surface area (Å²) in [4.78, 5) is 12.8. The van der Waals surface area contributed by atoms with Crippen LogP contribution in [0.2, 0.25) is 0 Å². The highest BCUT2D eigenvalue weighted by atomic mass is 16.7. The Kier molecular flexibility index (Phi) is 25.7. The van der Waals surface area contributed by atoms with Crippen molar-refractivity contribution < 1.29 is 39.8 Å². The van der Waals surface area contributed by atoms with E-state index in [1.54, 1.807) is 6.08 Å². The number of ether oxygens (including phenoxy) is 2. The Morgan fingerprint density at radius 2 is 1.27 bits per heavy atom. The summed E-state index contributed by atoms with van der Waals surface area (Å²) in [5.74, 6) is -0.192. The quantitative estimate of drug-likeness (QED) is 0.0478. The lowest BCUT2D eigenvalue weighted by Gasteiger charge is -2.40. The van der Waals surface area contributed by atoms with Crippen LogP contribution >= 0.6 is 0 Å². The van der Waals surface area contributed by atoms with Gasteiger partial charge in [-0.25, -0.2) is 0 Å². The molecule has 7 unspecified atom stereocenters. The minimum atomic E-state index is -1.57. The Morgan fingerprint density at radius 3 is 1.87 bits per heavy atom. The molecule has 1 aliphatic heterocycles. The number of aliphatic hydroxyl groups is 5. The van der Waals surface area contributed by atoms with Crippen LogP contribution in [0.5, 0.6) is 0 Å². The van der Waals surface area contributed by atoms with E-state index in [2.05, 4.69) is 31.3 Å². The molecule has 0 bridgehead atoms. The van der Waals surface area contributed by atoms with Gasteiger partial charge < -0.3 is 40.3 Å². The van der Waals surface area contributed by atoms with Gasteiger partial charge in [0.15, 0.2) is 6.29 Å². The van der Waals surface area contributed by atoms with Gasteiger partial charge in [0.2, 0.25) is 5.91 Å². The highest BCUT2D eigenvalue weighted by Crippen LogP contribution is 2.22. The van der Waals surface area contributed by atoms with Crippen LogP contribution in [-0.2, 0) is 14.3 Å². The summed E-state index contributed by atoms with van der Waals surface area (Å²) < 4.78 is 11.1. The van der Waals surface area contributed by atoms with Gasteiger partial charge in [-0.2, -0.15) is 0 Å². The predicted octanol–water partition coefficient (Wildman–Crippen LogP) is 5.60. The maximum Gasteiger partial charge on any atom is 0.220 e. The summed E-state index contributed by atoms with van der Waals surface area (Å²) in [6.07, 6.45) is 22.2. The zero-order valence-corrected chi connectivity index (χ0v) is 28.4. The average molecular weight is 642 g/mol. The summed E-state index contributed by atoms with van der Waals surface area (Å²) in [7, 11) is 0. The first-order valence-corrected chi connectivity index (χ1v) is 18.1. The van der Waals surface area contributed by atoms with Crippen LogP contribution in [0.25, 0.3) is 0 Å². The SMILES string of the molecule is CCCCCCC/C=C/CC/C=C/C(O)C(COC1OC(CO)C(O)C(O)C1O)NC(=O)CCCCCCCCCCCCC. The van der Waals surface area contributed by atoms with Crippen molar-refractivity contribution in [3.05, 3.63) is 24.3 Å². The number of carbonyl (C=O) groups is 1. The molecule has 6 N–H and O–H groups in total. The fraction of sp³-hybridized carbons (Fsp3) is 0.861. The van der Waals surface area contributed by atoms with Crippen molar-refractivity contribution in [2.24, 2.45) is 0 Å². The lowest BCUT2D eigenvalue weighted by Crippen LogP contribution is -2.60. The molecular formula is C36H67NO8. The summed E-state index contributed by atoms with van der Waals surface area (Å²) in [5, 5.41) is 53.7. The molecule has 1 amide bonds. The molecule has 0 spiro atoms. The number of rotatable bonds is 28. The van der Waals surface area contributed by atoms with Crippen molar-refractivity contribution >= 4 is 5.91 Å². The minimum absolute atomic E-state index is 0.192. The molecular weight excluding hydrogens is 574 g/mol. The number of allylic oxidation sites excluding steroid dienone is 3. The van der Waals surface area contributed by atoms with Crippen molar-refractivity contribution in [1.29, 1.82) is 0 Å². The zero-order valence-electron chi connectivity index (χ0n) is 28.4. The van der Waals surface area contributed by atoms with Gasteiger partial charge in [0.1, 0.15) is 24.4 Å². The number of hydrogen-bond acceptors (Lipinski definition) is 8. The van der Waals surface area contributed by atoms with Crippen molar-refractivity contribution in [2.75, 3.05) is 13.2 Å². The zero-order chi connectivity index (χ0) is 33.1. The summed E-state index contributed by atoms with van der Waals surface area (Å²) >= 11 is 0. The second kappa shape index (κ2) is 27.8. The first-order valence-electron chi connectivity index (χ1n) is 18.1. The van der Waals surface area contributed by atoms with Crippen molar-refractivity contribution in [1.82, 2.24) is 5.32 Å². The Labute approximate surface area is 273 Å². The molecule has 0 saturated carbocycles. The highest BCUT2D eigenvalue weighted by Gasteiger charge is 2.44. The first kappa shape index (κ1) is 41.7. The van der Waals surface area contributed by atoms with E-state index in [1.807, 2.05) is 6.08 Å². The second-order valence-corrected chi connectivity index (χ2v) is 12.7. The van der Waals surface area contributed by atoms with Crippen LogP contribution < -0.4 is 5.32 Å². The maximum absolute atomic E-state index is 12.8. The van der Waals surface area contributed by atoms with E-state index >= 15 is 0 Å². The van der Waals surface area contributed by atoms with E-state index in [9.17, 15) is 30.3 Å². The fourth-order valence-corrected chi connectivity index (χ4v) is 5.52. The van der Waals surface area contributed by atoms with Crippen LogP contribution in [0, 0.1) is 0 Å². The smallest absolute Gasteiger partial charge is 0.220 e. The third-order valence-electron chi connectivity index (χ3n) is 8.53. The third kappa shape index (κ3) is 19.8. The molecule has 0 aromatic heterocycles. The number of hydrogen-bond donors (Lipinski definition) is 6. The van der Waals surface area contributed by atoms with E-state index in [0.717, 1.165) is 38.5 Å². The Hall–Kier alpha value is -1.33. The topological polar surface area (TPSA) is 149 Å². The van der Waals surface area contributed by atoms with E-state index in [4.69, 9.17) is 9.47 Å². The van der Waals surface area contributed by atoms with Gasteiger partial charge >= 0.3 is 0 Å². The van der Waals surface area contributed by atoms with Gasteiger partial charge in [-0.05, 0) is 32.1 Å². The largest absolute Gasteiger partial charge is 0.394 e. The molecule has 1 aliphatic rings. The first-order chi connectivity index (χ1) is 21.8.